The first-order chi connectivity index (χ1) is 14.0. The van der Waals surface area contributed by atoms with E-state index in [1.807, 2.05) is 20.8 Å². The third kappa shape index (κ3) is 3.42. The second-order valence-electron chi connectivity index (χ2n) is 8.09. The standard InChI is InChI=1S/C21H25N5O4/c1-21(2,3)15-13(18(27)23-11-8-7-9-12(10-11)30-6)16(22)24-17-14(15)19(28)26(5)20(29)25(17)4/h7-10H,1-6H3,(H2,22,24)(H,23,27). The predicted molar refractivity (Wildman–Crippen MR) is 116 cm³/mol. The van der Waals surface area contributed by atoms with Gasteiger partial charge in [0.05, 0.1) is 18.1 Å². The Hall–Kier alpha value is -3.62. The highest BCUT2D eigenvalue weighted by Gasteiger charge is 2.31. The molecule has 0 saturated carbocycles. The fourth-order valence-electron chi connectivity index (χ4n) is 3.48. The molecule has 0 aliphatic heterocycles. The quantitative estimate of drug-likeness (QED) is 0.678. The topological polar surface area (TPSA) is 121 Å². The third-order valence-corrected chi connectivity index (χ3v) is 4.92. The van der Waals surface area contributed by atoms with E-state index in [1.54, 1.807) is 24.3 Å². The van der Waals surface area contributed by atoms with Gasteiger partial charge in [-0.3, -0.25) is 18.7 Å². The summed E-state index contributed by atoms with van der Waals surface area (Å²) in [6.45, 7) is 5.61. The molecule has 0 spiro atoms. The number of amides is 1. The molecule has 9 nitrogen and oxygen atoms in total. The lowest BCUT2D eigenvalue weighted by atomic mass is 9.82. The summed E-state index contributed by atoms with van der Waals surface area (Å²) in [7, 11) is 4.44. The van der Waals surface area contributed by atoms with Gasteiger partial charge in [0, 0.05) is 25.8 Å². The Morgan fingerprint density at radius 2 is 1.83 bits per heavy atom. The summed E-state index contributed by atoms with van der Waals surface area (Å²) < 4.78 is 7.45. The van der Waals surface area contributed by atoms with Crippen molar-refractivity contribution in [2.24, 2.45) is 14.1 Å². The molecular weight excluding hydrogens is 386 g/mol. The fourth-order valence-corrected chi connectivity index (χ4v) is 3.48. The van der Waals surface area contributed by atoms with Crippen LogP contribution < -0.4 is 27.0 Å². The summed E-state index contributed by atoms with van der Waals surface area (Å²) in [4.78, 5) is 42.9. The van der Waals surface area contributed by atoms with Crippen molar-refractivity contribution in [1.29, 1.82) is 0 Å². The van der Waals surface area contributed by atoms with Crippen LogP contribution in [0.1, 0.15) is 36.7 Å². The van der Waals surface area contributed by atoms with Crippen LogP contribution in [0.25, 0.3) is 11.0 Å². The minimum Gasteiger partial charge on any atom is -0.497 e. The molecule has 0 fully saturated rings. The summed E-state index contributed by atoms with van der Waals surface area (Å²) >= 11 is 0. The molecule has 0 radical (unpaired) electrons. The van der Waals surface area contributed by atoms with Crippen molar-refractivity contribution in [3.05, 3.63) is 56.2 Å². The molecule has 3 rings (SSSR count). The Labute approximate surface area is 173 Å². The minimum atomic E-state index is -0.639. The van der Waals surface area contributed by atoms with E-state index in [-0.39, 0.29) is 22.4 Å². The van der Waals surface area contributed by atoms with Crippen LogP contribution in [0.2, 0.25) is 0 Å². The number of aryl methyl sites for hydroxylation is 1. The van der Waals surface area contributed by atoms with Crippen LogP contribution in [0.15, 0.2) is 33.9 Å². The molecule has 9 heteroatoms. The van der Waals surface area contributed by atoms with Crippen molar-refractivity contribution in [1.82, 2.24) is 14.1 Å². The summed E-state index contributed by atoms with van der Waals surface area (Å²) in [6.07, 6.45) is 0. The smallest absolute Gasteiger partial charge is 0.332 e. The van der Waals surface area contributed by atoms with Crippen LogP contribution in [0.5, 0.6) is 5.75 Å². The maximum atomic E-state index is 13.2. The normalized spacial score (nSPS) is 11.5. The minimum absolute atomic E-state index is 0.0592. The van der Waals surface area contributed by atoms with Gasteiger partial charge in [0.1, 0.15) is 11.6 Å². The van der Waals surface area contributed by atoms with Crippen molar-refractivity contribution in [2.45, 2.75) is 26.2 Å². The summed E-state index contributed by atoms with van der Waals surface area (Å²) in [6, 6.07) is 6.88. The first-order valence-corrected chi connectivity index (χ1v) is 9.32. The van der Waals surface area contributed by atoms with E-state index in [1.165, 1.54) is 25.8 Å². The lowest BCUT2D eigenvalue weighted by Crippen LogP contribution is -2.39. The predicted octanol–water partition coefficient (Wildman–Crippen LogP) is 1.77. The largest absolute Gasteiger partial charge is 0.497 e. The van der Waals surface area contributed by atoms with Crippen LogP contribution in [-0.4, -0.2) is 27.1 Å². The fraction of sp³-hybridized carbons (Fsp3) is 0.333. The van der Waals surface area contributed by atoms with Gasteiger partial charge in [-0.1, -0.05) is 26.8 Å². The molecular formula is C21H25N5O4. The van der Waals surface area contributed by atoms with Gasteiger partial charge in [-0.2, -0.15) is 0 Å². The molecule has 3 N–H and O–H groups in total. The van der Waals surface area contributed by atoms with Crippen molar-refractivity contribution < 1.29 is 9.53 Å². The van der Waals surface area contributed by atoms with Gasteiger partial charge in [-0.15, -0.1) is 0 Å². The Morgan fingerprint density at radius 3 is 2.43 bits per heavy atom. The van der Waals surface area contributed by atoms with Gasteiger partial charge in [0.2, 0.25) is 0 Å². The number of pyridine rings is 1. The molecule has 158 valence electrons. The van der Waals surface area contributed by atoms with E-state index in [9.17, 15) is 14.4 Å². The molecule has 1 amide bonds. The molecule has 0 aliphatic rings. The number of methoxy groups -OCH3 is 1. The molecule has 3 aromatic rings. The van der Waals surface area contributed by atoms with Gasteiger partial charge < -0.3 is 15.8 Å². The molecule has 30 heavy (non-hydrogen) atoms. The second kappa shape index (κ2) is 7.33. The van der Waals surface area contributed by atoms with Gasteiger partial charge in [0.15, 0.2) is 5.65 Å². The van der Waals surface area contributed by atoms with Crippen molar-refractivity contribution in [2.75, 3.05) is 18.2 Å². The molecule has 2 aromatic heterocycles. The highest BCUT2D eigenvalue weighted by Crippen LogP contribution is 2.33. The van der Waals surface area contributed by atoms with E-state index in [0.29, 0.717) is 17.0 Å². The maximum Gasteiger partial charge on any atom is 0.332 e. The number of ether oxygens (including phenoxy) is 1. The SMILES string of the molecule is COc1cccc(NC(=O)c2c(N)nc3c(c2C(C)(C)C)c(=O)n(C)c(=O)n3C)c1. The van der Waals surface area contributed by atoms with E-state index in [0.717, 1.165) is 4.57 Å². The first-order valence-electron chi connectivity index (χ1n) is 9.32. The zero-order chi connectivity index (χ0) is 22.4. The molecule has 1 aromatic carbocycles. The molecule has 0 unspecified atom stereocenters. The van der Waals surface area contributed by atoms with Gasteiger partial charge >= 0.3 is 5.69 Å². The molecule has 0 aliphatic carbocycles. The van der Waals surface area contributed by atoms with Gasteiger partial charge in [-0.25, -0.2) is 9.78 Å². The number of carbonyl (C=O) groups excluding carboxylic acids is 1. The van der Waals surface area contributed by atoms with Crippen LogP contribution >= 0.6 is 0 Å². The van der Waals surface area contributed by atoms with E-state index in [2.05, 4.69) is 10.3 Å². The van der Waals surface area contributed by atoms with Crippen LogP contribution in [-0.2, 0) is 19.5 Å². The number of hydrogen-bond donors (Lipinski definition) is 2. The highest BCUT2D eigenvalue weighted by atomic mass is 16.5. The molecule has 0 saturated heterocycles. The number of nitrogen functional groups attached to an aromatic ring is 1. The van der Waals surface area contributed by atoms with Gasteiger partial charge in [-0.05, 0) is 23.1 Å². The van der Waals surface area contributed by atoms with Crippen molar-refractivity contribution in [3.8, 4) is 5.75 Å². The lowest BCUT2D eigenvalue weighted by Gasteiger charge is -2.25. The van der Waals surface area contributed by atoms with Crippen LogP contribution in [0.4, 0.5) is 11.5 Å². The number of nitrogens with zero attached hydrogens (tertiary/aromatic N) is 3. The molecule has 2 heterocycles. The number of aromatic nitrogens is 3. The number of carbonyl (C=O) groups is 1. The average Bonchev–Trinajstić information content (AvgIpc) is 2.69. The molecule has 0 atom stereocenters. The number of benzene rings is 1. The number of fused-ring (bicyclic) bond motifs is 1. The first kappa shape index (κ1) is 21.1. The Morgan fingerprint density at radius 1 is 1.17 bits per heavy atom. The van der Waals surface area contributed by atoms with Crippen LogP contribution in [0, 0.1) is 0 Å². The lowest BCUT2D eigenvalue weighted by molar-refractivity contribution is 0.102. The van der Waals surface area contributed by atoms with Crippen LogP contribution in [0.3, 0.4) is 0 Å². The van der Waals surface area contributed by atoms with E-state index >= 15 is 0 Å². The monoisotopic (exact) mass is 411 g/mol. The summed E-state index contributed by atoms with van der Waals surface area (Å²) in [5.41, 5.74) is 5.68. The number of rotatable bonds is 3. The maximum absolute atomic E-state index is 13.2. The van der Waals surface area contributed by atoms with Crippen molar-refractivity contribution in [3.63, 3.8) is 0 Å². The van der Waals surface area contributed by atoms with E-state index in [4.69, 9.17) is 10.5 Å². The average molecular weight is 411 g/mol. The third-order valence-electron chi connectivity index (χ3n) is 4.92. The van der Waals surface area contributed by atoms with Crippen molar-refractivity contribution >= 4 is 28.4 Å². The zero-order valence-electron chi connectivity index (χ0n) is 17.9. The summed E-state index contributed by atoms with van der Waals surface area (Å²) in [5.74, 6) is 0.0179. The van der Waals surface area contributed by atoms with Gasteiger partial charge in [0.25, 0.3) is 11.5 Å². The number of nitrogens with one attached hydrogen (secondary N) is 1. The number of anilines is 2. The number of hydrogen-bond acceptors (Lipinski definition) is 6. The van der Waals surface area contributed by atoms with E-state index < -0.39 is 22.6 Å². The molecule has 0 bridgehead atoms. The Kier molecular flexibility index (Phi) is 5.15. The number of nitrogens with two attached hydrogens (primary N) is 1. The Balaban J connectivity index is 2.34. The highest BCUT2D eigenvalue weighted by molar-refractivity contribution is 6.11. The Bertz CT molecular complexity index is 1280. The zero-order valence-corrected chi connectivity index (χ0v) is 17.9. The second-order valence-corrected chi connectivity index (χ2v) is 8.09. The summed E-state index contributed by atoms with van der Waals surface area (Å²) in [5, 5.41) is 2.99.